The number of ketones is 1. The molecule has 3 atom stereocenters. The molecule has 18 heavy (non-hydrogen) atoms. The first-order chi connectivity index (χ1) is 8.58. The zero-order chi connectivity index (χ0) is 13.1. The predicted molar refractivity (Wildman–Crippen MR) is 74.7 cm³/mol. The Kier molecular flexibility index (Phi) is 4.18. The van der Waals surface area contributed by atoms with E-state index in [1.807, 2.05) is 37.3 Å². The first kappa shape index (κ1) is 13.3. The molecule has 98 valence electrons. The number of carbonyl (C=O) groups is 1. The molecule has 2 rings (SSSR count). The van der Waals surface area contributed by atoms with Gasteiger partial charge in [-0.05, 0) is 25.3 Å². The highest BCUT2D eigenvalue weighted by Crippen LogP contribution is 2.38. The highest BCUT2D eigenvalue weighted by Gasteiger charge is 2.33. The number of rotatable bonds is 6. The third kappa shape index (κ3) is 3.42. The predicted octanol–water partition coefficient (Wildman–Crippen LogP) is 3.09. The van der Waals surface area contributed by atoms with Gasteiger partial charge in [0.2, 0.25) is 0 Å². The Bertz CT molecular complexity index is 401. The van der Waals surface area contributed by atoms with Gasteiger partial charge < -0.3 is 4.90 Å². The third-order valence-corrected chi connectivity index (χ3v) is 3.91. The Morgan fingerprint density at radius 1 is 1.39 bits per heavy atom. The standard InChI is InChI=1S/C16H23NO/c1-12-9-15(12)11-17(3)10-13(2)16(18)14-7-5-4-6-8-14/h4-8,12-13,15H,9-11H2,1-3H3. The van der Waals surface area contributed by atoms with Crippen molar-refractivity contribution in [1.29, 1.82) is 0 Å². The maximum Gasteiger partial charge on any atom is 0.166 e. The van der Waals surface area contributed by atoms with Crippen LogP contribution in [0.3, 0.4) is 0 Å². The second-order valence-electron chi connectivity index (χ2n) is 5.83. The molecule has 1 fully saturated rings. The number of Topliss-reactive ketones (excluding diaryl/α,β-unsaturated/α-hetero) is 1. The first-order valence-electron chi connectivity index (χ1n) is 6.85. The molecule has 0 aromatic heterocycles. The lowest BCUT2D eigenvalue weighted by Crippen LogP contribution is -2.30. The Hall–Kier alpha value is -1.15. The van der Waals surface area contributed by atoms with Crippen LogP contribution in [0.5, 0.6) is 0 Å². The average Bonchev–Trinajstić information content (AvgIpc) is 3.04. The molecule has 0 radical (unpaired) electrons. The fourth-order valence-corrected chi connectivity index (χ4v) is 2.57. The third-order valence-electron chi connectivity index (χ3n) is 3.91. The van der Waals surface area contributed by atoms with E-state index in [1.165, 1.54) is 6.42 Å². The van der Waals surface area contributed by atoms with Crippen LogP contribution in [-0.2, 0) is 0 Å². The SMILES string of the molecule is CC(CN(C)CC1CC1C)C(=O)c1ccccc1. The summed E-state index contributed by atoms with van der Waals surface area (Å²) in [4.78, 5) is 14.5. The molecule has 0 saturated heterocycles. The van der Waals surface area contributed by atoms with Gasteiger partial charge in [-0.2, -0.15) is 0 Å². The molecule has 0 heterocycles. The van der Waals surface area contributed by atoms with Crippen LogP contribution in [0.4, 0.5) is 0 Å². The first-order valence-corrected chi connectivity index (χ1v) is 6.85. The van der Waals surface area contributed by atoms with Crippen molar-refractivity contribution >= 4 is 5.78 Å². The number of hydrogen-bond acceptors (Lipinski definition) is 2. The summed E-state index contributed by atoms with van der Waals surface area (Å²) >= 11 is 0. The summed E-state index contributed by atoms with van der Waals surface area (Å²) in [6, 6.07) is 9.61. The minimum atomic E-state index is 0.0754. The highest BCUT2D eigenvalue weighted by atomic mass is 16.1. The quantitative estimate of drug-likeness (QED) is 0.718. The molecule has 0 spiro atoms. The molecule has 1 saturated carbocycles. The van der Waals surface area contributed by atoms with Crippen molar-refractivity contribution in [1.82, 2.24) is 4.90 Å². The summed E-state index contributed by atoms with van der Waals surface area (Å²) in [5.74, 6) is 2.07. The van der Waals surface area contributed by atoms with Crippen molar-refractivity contribution in [3.8, 4) is 0 Å². The summed E-state index contributed by atoms with van der Waals surface area (Å²) in [6.45, 7) is 6.32. The van der Waals surface area contributed by atoms with Gasteiger partial charge in [-0.3, -0.25) is 4.79 Å². The van der Waals surface area contributed by atoms with Gasteiger partial charge in [0, 0.05) is 24.6 Å². The molecular formula is C16H23NO. The van der Waals surface area contributed by atoms with Crippen LogP contribution in [0.25, 0.3) is 0 Å². The summed E-state index contributed by atoms with van der Waals surface area (Å²) in [6.07, 6.45) is 1.35. The Morgan fingerprint density at radius 2 is 2.00 bits per heavy atom. The second kappa shape index (κ2) is 5.66. The fraction of sp³-hybridized carbons (Fsp3) is 0.562. The van der Waals surface area contributed by atoms with Gasteiger partial charge >= 0.3 is 0 Å². The molecule has 1 aliphatic carbocycles. The largest absolute Gasteiger partial charge is 0.305 e. The molecule has 1 aliphatic rings. The van der Waals surface area contributed by atoms with E-state index >= 15 is 0 Å². The lowest BCUT2D eigenvalue weighted by atomic mass is 9.99. The number of hydrogen-bond donors (Lipinski definition) is 0. The summed E-state index contributed by atoms with van der Waals surface area (Å²) < 4.78 is 0. The number of carbonyl (C=O) groups excluding carboxylic acids is 1. The van der Waals surface area contributed by atoms with Crippen molar-refractivity contribution in [3.05, 3.63) is 35.9 Å². The molecule has 1 aromatic rings. The lowest BCUT2D eigenvalue weighted by Gasteiger charge is -2.20. The second-order valence-corrected chi connectivity index (χ2v) is 5.83. The van der Waals surface area contributed by atoms with Gasteiger partial charge in [0.15, 0.2) is 5.78 Å². The van der Waals surface area contributed by atoms with Crippen LogP contribution in [0.1, 0.15) is 30.6 Å². The normalized spacial score (nSPS) is 24.0. The van der Waals surface area contributed by atoms with Crippen LogP contribution in [0.2, 0.25) is 0 Å². The average molecular weight is 245 g/mol. The minimum absolute atomic E-state index is 0.0754. The van der Waals surface area contributed by atoms with Gasteiger partial charge in [0.05, 0.1) is 0 Å². The van der Waals surface area contributed by atoms with Crippen LogP contribution in [0.15, 0.2) is 30.3 Å². The van der Waals surface area contributed by atoms with Crippen molar-refractivity contribution < 1.29 is 4.79 Å². The van der Waals surface area contributed by atoms with E-state index in [0.717, 1.165) is 30.5 Å². The van der Waals surface area contributed by atoms with Crippen molar-refractivity contribution in [2.45, 2.75) is 20.3 Å². The molecule has 0 amide bonds. The van der Waals surface area contributed by atoms with E-state index in [9.17, 15) is 4.79 Å². The smallest absolute Gasteiger partial charge is 0.166 e. The summed E-state index contributed by atoms with van der Waals surface area (Å²) in [7, 11) is 2.12. The van der Waals surface area contributed by atoms with E-state index < -0.39 is 0 Å². The van der Waals surface area contributed by atoms with Gasteiger partial charge in [-0.1, -0.05) is 44.2 Å². The number of benzene rings is 1. The Balaban J connectivity index is 1.83. The van der Waals surface area contributed by atoms with Crippen molar-refractivity contribution in [3.63, 3.8) is 0 Å². The number of nitrogens with zero attached hydrogens (tertiary/aromatic N) is 1. The Morgan fingerprint density at radius 3 is 2.56 bits per heavy atom. The minimum Gasteiger partial charge on any atom is -0.305 e. The molecule has 0 aliphatic heterocycles. The fourth-order valence-electron chi connectivity index (χ4n) is 2.57. The summed E-state index contributed by atoms with van der Waals surface area (Å²) in [5.41, 5.74) is 0.832. The van der Waals surface area contributed by atoms with Crippen LogP contribution >= 0.6 is 0 Å². The van der Waals surface area contributed by atoms with Crippen LogP contribution in [-0.4, -0.2) is 30.8 Å². The molecule has 3 unspecified atom stereocenters. The lowest BCUT2D eigenvalue weighted by molar-refractivity contribution is 0.0901. The van der Waals surface area contributed by atoms with Gasteiger partial charge in [-0.15, -0.1) is 0 Å². The Labute approximate surface area is 110 Å². The highest BCUT2D eigenvalue weighted by molar-refractivity contribution is 5.97. The van der Waals surface area contributed by atoms with Crippen molar-refractivity contribution in [2.75, 3.05) is 20.1 Å². The van der Waals surface area contributed by atoms with E-state index in [2.05, 4.69) is 18.9 Å². The molecule has 0 bridgehead atoms. The van der Waals surface area contributed by atoms with Gasteiger partial charge in [-0.25, -0.2) is 0 Å². The zero-order valence-corrected chi connectivity index (χ0v) is 11.6. The molecule has 1 aromatic carbocycles. The topological polar surface area (TPSA) is 20.3 Å². The van der Waals surface area contributed by atoms with Crippen LogP contribution < -0.4 is 0 Å². The molecular weight excluding hydrogens is 222 g/mol. The zero-order valence-electron chi connectivity index (χ0n) is 11.6. The van der Waals surface area contributed by atoms with Crippen LogP contribution in [0, 0.1) is 17.8 Å². The van der Waals surface area contributed by atoms with Crippen molar-refractivity contribution in [2.24, 2.45) is 17.8 Å². The van der Waals surface area contributed by atoms with E-state index in [4.69, 9.17) is 0 Å². The molecule has 0 N–H and O–H groups in total. The van der Waals surface area contributed by atoms with Gasteiger partial charge in [0.25, 0.3) is 0 Å². The summed E-state index contributed by atoms with van der Waals surface area (Å²) in [5, 5.41) is 0. The monoisotopic (exact) mass is 245 g/mol. The van der Waals surface area contributed by atoms with E-state index in [1.54, 1.807) is 0 Å². The molecule has 2 heteroatoms. The maximum absolute atomic E-state index is 12.2. The molecule has 2 nitrogen and oxygen atoms in total. The van der Waals surface area contributed by atoms with E-state index in [0.29, 0.717) is 0 Å². The van der Waals surface area contributed by atoms with E-state index in [-0.39, 0.29) is 11.7 Å². The maximum atomic E-state index is 12.2. The van der Waals surface area contributed by atoms with Gasteiger partial charge in [0.1, 0.15) is 0 Å².